The molecule has 20 heavy (non-hydrogen) atoms. The summed E-state index contributed by atoms with van der Waals surface area (Å²) in [5, 5.41) is 11.2. The van der Waals surface area contributed by atoms with Crippen LogP contribution in [0, 0.1) is 0 Å². The number of aliphatic carboxylic acids is 1. The normalized spacial score (nSPS) is 10.2. The summed E-state index contributed by atoms with van der Waals surface area (Å²) in [7, 11) is 0. The Kier molecular flexibility index (Phi) is 4.95. The van der Waals surface area contributed by atoms with Crippen LogP contribution in [-0.4, -0.2) is 22.7 Å². The highest BCUT2D eigenvalue weighted by atomic mass is 32.1. The molecule has 1 N–H and O–H groups in total. The van der Waals surface area contributed by atoms with Gasteiger partial charge in [-0.15, -0.1) is 11.3 Å². The molecule has 0 unspecified atom stereocenters. The zero-order valence-electron chi connectivity index (χ0n) is 11.0. The monoisotopic (exact) mass is 293 g/mol. The van der Waals surface area contributed by atoms with Crippen LogP contribution in [0.2, 0.25) is 0 Å². The van der Waals surface area contributed by atoms with Crippen LogP contribution in [0.5, 0.6) is 11.5 Å². The topological polar surface area (TPSA) is 68.7 Å². The highest BCUT2D eigenvalue weighted by molar-refractivity contribution is 7.09. The van der Waals surface area contributed by atoms with Crippen molar-refractivity contribution in [1.29, 1.82) is 0 Å². The summed E-state index contributed by atoms with van der Waals surface area (Å²) < 4.78 is 10.9. The molecule has 6 heteroatoms. The van der Waals surface area contributed by atoms with Crippen molar-refractivity contribution in [2.24, 2.45) is 0 Å². The van der Waals surface area contributed by atoms with Gasteiger partial charge >= 0.3 is 5.97 Å². The van der Waals surface area contributed by atoms with Gasteiger partial charge in [0.2, 0.25) is 0 Å². The molecule has 0 aliphatic heterocycles. The summed E-state index contributed by atoms with van der Waals surface area (Å²) in [6.07, 6.45) is -0.0560. The number of thiazole rings is 1. The minimum Gasteiger partial charge on any atom is -0.494 e. The summed E-state index contributed by atoms with van der Waals surface area (Å²) >= 11 is 1.40. The highest BCUT2D eigenvalue weighted by Gasteiger charge is 2.06. The van der Waals surface area contributed by atoms with Gasteiger partial charge in [0, 0.05) is 5.38 Å². The largest absolute Gasteiger partial charge is 0.494 e. The molecule has 0 atom stereocenters. The van der Waals surface area contributed by atoms with Crippen LogP contribution in [0.25, 0.3) is 0 Å². The third-order valence-corrected chi connectivity index (χ3v) is 3.30. The van der Waals surface area contributed by atoms with Gasteiger partial charge in [-0.05, 0) is 31.2 Å². The molecule has 0 amide bonds. The van der Waals surface area contributed by atoms with Crippen molar-refractivity contribution in [1.82, 2.24) is 4.98 Å². The molecule has 5 nitrogen and oxygen atoms in total. The molecule has 0 aliphatic rings. The fraction of sp³-hybridized carbons (Fsp3) is 0.286. The Bertz CT molecular complexity index is 565. The molecule has 2 aromatic rings. The number of benzene rings is 1. The molecule has 1 aromatic carbocycles. The van der Waals surface area contributed by atoms with E-state index in [1.807, 2.05) is 31.2 Å². The van der Waals surface area contributed by atoms with E-state index in [-0.39, 0.29) is 6.42 Å². The Morgan fingerprint density at radius 2 is 1.90 bits per heavy atom. The second-order valence-corrected chi connectivity index (χ2v) is 4.94. The summed E-state index contributed by atoms with van der Waals surface area (Å²) in [6.45, 7) is 2.89. The molecule has 1 aromatic heterocycles. The molecule has 0 fully saturated rings. The zero-order valence-corrected chi connectivity index (χ0v) is 11.9. The lowest BCUT2D eigenvalue weighted by Crippen LogP contribution is -2.01. The maximum Gasteiger partial charge on any atom is 0.309 e. The minimum absolute atomic E-state index is 0.0560. The van der Waals surface area contributed by atoms with E-state index in [1.54, 1.807) is 5.38 Å². The number of carboxylic acids is 1. The second kappa shape index (κ2) is 6.91. The lowest BCUT2D eigenvalue weighted by atomic mass is 10.3. The number of ether oxygens (including phenoxy) is 2. The van der Waals surface area contributed by atoms with E-state index >= 15 is 0 Å². The van der Waals surface area contributed by atoms with Gasteiger partial charge in [-0.3, -0.25) is 4.79 Å². The summed E-state index contributed by atoms with van der Waals surface area (Å²) in [4.78, 5) is 14.8. The highest BCUT2D eigenvalue weighted by Crippen LogP contribution is 2.19. The summed E-state index contributed by atoms with van der Waals surface area (Å²) in [6, 6.07) is 7.35. The third-order valence-electron chi connectivity index (χ3n) is 2.43. The van der Waals surface area contributed by atoms with Crippen molar-refractivity contribution >= 4 is 17.3 Å². The van der Waals surface area contributed by atoms with Gasteiger partial charge in [0.15, 0.2) is 0 Å². The lowest BCUT2D eigenvalue weighted by Gasteiger charge is -2.06. The number of aromatic nitrogens is 1. The van der Waals surface area contributed by atoms with Crippen LogP contribution in [0.1, 0.15) is 17.6 Å². The van der Waals surface area contributed by atoms with Crippen molar-refractivity contribution in [3.8, 4) is 11.5 Å². The van der Waals surface area contributed by atoms with Gasteiger partial charge in [0.1, 0.15) is 23.1 Å². The first-order valence-electron chi connectivity index (χ1n) is 6.18. The maximum atomic E-state index is 10.6. The smallest absolute Gasteiger partial charge is 0.309 e. The Morgan fingerprint density at radius 3 is 2.50 bits per heavy atom. The van der Waals surface area contributed by atoms with E-state index in [1.165, 1.54) is 11.3 Å². The standard InChI is InChI=1S/C14H15NO4S/c1-2-18-11-3-5-12(6-4-11)19-8-13-15-10(9-20-13)7-14(16)17/h3-6,9H,2,7-8H2,1H3,(H,16,17). The molecular weight excluding hydrogens is 278 g/mol. The van der Waals surface area contributed by atoms with E-state index in [0.717, 1.165) is 16.5 Å². The van der Waals surface area contributed by atoms with E-state index in [2.05, 4.69) is 4.98 Å². The molecule has 2 rings (SSSR count). The minimum atomic E-state index is -0.880. The van der Waals surface area contributed by atoms with Crippen molar-refractivity contribution < 1.29 is 19.4 Å². The second-order valence-electron chi connectivity index (χ2n) is 4.00. The molecule has 0 spiro atoms. The van der Waals surface area contributed by atoms with Crippen LogP contribution >= 0.6 is 11.3 Å². The van der Waals surface area contributed by atoms with Crippen molar-refractivity contribution in [2.75, 3.05) is 6.61 Å². The first-order chi connectivity index (χ1) is 9.67. The predicted molar refractivity (Wildman–Crippen MR) is 75.4 cm³/mol. The molecule has 0 bridgehead atoms. The van der Waals surface area contributed by atoms with E-state index in [9.17, 15) is 4.79 Å². The van der Waals surface area contributed by atoms with Crippen LogP contribution in [0.15, 0.2) is 29.6 Å². The van der Waals surface area contributed by atoms with Gasteiger partial charge in [0.25, 0.3) is 0 Å². The van der Waals surface area contributed by atoms with Crippen LogP contribution < -0.4 is 9.47 Å². The molecule has 0 saturated heterocycles. The number of carbonyl (C=O) groups is 1. The molecule has 0 saturated carbocycles. The van der Waals surface area contributed by atoms with Crippen molar-refractivity contribution in [3.63, 3.8) is 0 Å². The van der Waals surface area contributed by atoms with Crippen LogP contribution in [0.3, 0.4) is 0 Å². The number of hydrogen-bond acceptors (Lipinski definition) is 5. The van der Waals surface area contributed by atoms with Crippen LogP contribution in [0.4, 0.5) is 0 Å². The maximum absolute atomic E-state index is 10.6. The Balaban J connectivity index is 1.88. The number of carboxylic acid groups (broad SMARTS) is 1. The fourth-order valence-corrected chi connectivity index (χ4v) is 2.30. The van der Waals surface area contributed by atoms with Gasteiger partial charge in [-0.2, -0.15) is 0 Å². The van der Waals surface area contributed by atoms with Crippen molar-refractivity contribution in [3.05, 3.63) is 40.3 Å². The Labute approximate surface area is 120 Å². The molecule has 106 valence electrons. The van der Waals surface area contributed by atoms with Gasteiger partial charge < -0.3 is 14.6 Å². The first kappa shape index (κ1) is 14.3. The van der Waals surface area contributed by atoms with Crippen molar-refractivity contribution in [2.45, 2.75) is 20.0 Å². The van der Waals surface area contributed by atoms with Gasteiger partial charge in [-0.25, -0.2) is 4.98 Å². The molecule has 0 radical (unpaired) electrons. The van der Waals surface area contributed by atoms with E-state index in [0.29, 0.717) is 18.9 Å². The molecule has 1 heterocycles. The average Bonchev–Trinajstić information content (AvgIpc) is 2.85. The lowest BCUT2D eigenvalue weighted by molar-refractivity contribution is -0.136. The third kappa shape index (κ3) is 4.24. The fourth-order valence-electron chi connectivity index (χ4n) is 1.60. The van der Waals surface area contributed by atoms with Gasteiger partial charge in [-0.1, -0.05) is 0 Å². The summed E-state index contributed by atoms with van der Waals surface area (Å²) in [5.41, 5.74) is 0.563. The number of hydrogen-bond donors (Lipinski definition) is 1. The Morgan fingerprint density at radius 1 is 1.25 bits per heavy atom. The molecule has 0 aliphatic carbocycles. The first-order valence-corrected chi connectivity index (χ1v) is 7.06. The van der Waals surface area contributed by atoms with Crippen LogP contribution in [-0.2, 0) is 17.8 Å². The van der Waals surface area contributed by atoms with E-state index < -0.39 is 5.97 Å². The van der Waals surface area contributed by atoms with E-state index in [4.69, 9.17) is 14.6 Å². The summed E-state index contributed by atoms with van der Waals surface area (Å²) in [5.74, 6) is 0.649. The predicted octanol–water partition coefficient (Wildman–Crippen LogP) is 2.75. The quantitative estimate of drug-likeness (QED) is 0.850. The molecular formula is C14H15NO4S. The number of rotatable bonds is 7. The van der Waals surface area contributed by atoms with Gasteiger partial charge in [0.05, 0.1) is 18.7 Å². The average molecular weight is 293 g/mol. The zero-order chi connectivity index (χ0) is 14.4. The SMILES string of the molecule is CCOc1ccc(OCc2nc(CC(=O)O)cs2)cc1. The number of nitrogens with zero attached hydrogens (tertiary/aromatic N) is 1. The Hall–Kier alpha value is -2.08.